The van der Waals surface area contributed by atoms with Crippen LogP contribution in [0.2, 0.25) is 0 Å². The van der Waals surface area contributed by atoms with Crippen molar-refractivity contribution in [3.63, 3.8) is 0 Å². The molecule has 0 heterocycles. The predicted octanol–water partition coefficient (Wildman–Crippen LogP) is 2.74. The molecule has 1 amide bonds. The van der Waals surface area contributed by atoms with E-state index in [-0.39, 0.29) is 11.3 Å². The minimum Gasteiger partial charge on any atom is -0.354 e. The van der Waals surface area contributed by atoms with E-state index in [1.807, 2.05) is 18.2 Å². The van der Waals surface area contributed by atoms with E-state index in [1.54, 1.807) is 0 Å². The minimum atomic E-state index is -0.432. The van der Waals surface area contributed by atoms with Crippen molar-refractivity contribution in [2.45, 2.75) is 46.6 Å². The van der Waals surface area contributed by atoms with Gasteiger partial charge in [0.25, 0.3) is 0 Å². The van der Waals surface area contributed by atoms with Crippen LogP contribution in [0.1, 0.15) is 39.7 Å². The van der Waals surface area contributed by atoms with Crippen LogP contribution in [0.25, 0.3) is 0 Å². The number of carbonyl (C=O) groups excluding carboxylic acids is 1. The summed E-state index contributed by atoms with van der Waals surface area (Å²) in [6.45, 7) is 9.33. The number of hydrogen-bond acceptors (Lipinski definition) is 2. The molecule has 1 aromatic carbocycles. The molecule has 1 rings (SSSR count). The van der Waals surface area contributed by atoms with Gasteiger partial charge in [-0.1, -0.05) is 58.0 Å². The Morgan fingerprint density at radius 2 is 1.85 bits per heavy atom. The number of carbonyl (C=O) groups is 1. The quantitative estimate of drug-likeness (QED) is 0.804. The number of amides is 1. The molecule has 1 unspecified atom stereocenters. The number of nitrogens with one attached hydrogen (secondary N) is 1. The van der Waals surface area contributed by atoms with E-state index >= 15 is 0 Å². The molecule has 20 heavy (non-hydrogen) atoms. The van der Waals surface area contributed by atoms with Crippen LogP contribution in [0, 0.1) is 11.3 Å². The number of aryl methyl sites for hydroxylation is 1. The highest BCUT2D eigenvalue weighted by Crippen LogP contribution is 2.24. The molecule has 0 aliphatic carbocycles. The van der Waals surface area contributed by atoms with Crippen molar-refractivity contribution in [2.24, 2.45) is 17.1 Å². The fourth-order valence-electron chi connectivity index (χ4n) is 1.75. The molecule has 3 heteroatoms. The van der Waals surface area contributed by atoms with Gasteiger partial charge in [-0.25, -0.2) is 0 Å². The zero-order valence-corrected chi connectivity index (χ0v) is 13.1. The van der Waals surface area contributed by atoms with Crippen LogP contribution in [0.4, 0.5) is 0 Å². The monoisotopic (exact) mass is 276 g/mol. The third-order valence-electron chi connectivity index (χ3n) is 4.20. The summed E-state index contributed by atoms with van der Waals surface area (Å²) in [7, 11) is 0. The lowest BCUT2D eigenvalue weighted by molar-refractivity contribution is -0.123. The minimum absolute atomic E-state index is 0.0466. The highest BCUT2D eigenvalue weighted by atomic mass is 16.2. The van der Waals surface area contributed by atoms with Crippen molar-refractivity contribution in [1.29, 1.82) is 0 Å². The van der Waals surface area contributed by atoms with Crippen molar-refractivity contribution in [1.82, 2.24) is 5.32 Å². The van der Waals surface area contributed by atoms with Crippen LogP contribution in [-0.2, 0) is 11.2 Å². The van der Waals surface area contributed by atoms with Crippen LogP contribution >= 0.6 is 0 Å². The van der Waals surface area contributed by atoms with Crippen LogP contribution in [-0.4, -0.2) is 18.5 Å². The van der Waals surface area contributed by atoms with Crippen LogP contribution in [0.3, 0.4) is 0 Å². The topological polar surface area (TPSA) is 55.1 Å². The lowest BCUT2D eigenvalue weighted by Crippen LogP contribution is -2.45. The summed E-state index contributed by atoms with van der Waals surface area (Å²) in [6, 6.07) is 9.69. The van der Waals surface area contributed by atoms with Gasteiger partial charge in [-0.05, 0) is 29.7 Å². The fourth-order valence-corrected chi connectivity index (χ4v) is 1.75. The Hall–Kier alpha value is -1.35. The lowest BCUT2D eigenvalue weighted by atomic mass is 9.81. The molecule has 3 N–H and O–H groups in total. The molecule has 0 aliphatic heterocycles. The third kappa shape index (κ3) is 5.33. The standard InChI is InChI=1S/C17H28N2O/c1-13(2)17(3,4)12-19-16(20)15(18)11-10-14-8-6-5-7-9-14/h5-9,13,15H,10-12,18H2,1-4H3,(H,19,20). The Morgan fingerprint density at radius 1 is 1.25 bits per heavy atom. The third-order valence-corrected chi connectivity index (χ3v) is 4.20. The van der Waals surface area contributed by atoms with Crippen molar-refractivity contribution >= 4 is 5.91 Å². The highest BCUT2D eigenvalue weighted by molar-refractivity contribution is 5.81. The van der Waals surface area contributed by atoms with E-state index in [9.17, 15) is 4.79 Å². The number of hydrogen-bond donors (Lipinski definition) is 2. The molecule has 0 radical (unpaired) electrons. The van der Waals surface area contributed by atoms with Gasteiger partial charge in [0.05, 0.1) is 6.04 Å². The van der Waals surface area contributed by atoms with E-state index in [2.05, 4.69) is 45.1 Å². The summed E-state index contributed by atoms with van der Waals surface area (Å²) in [5.74, 6) is 0.470. The first kappa shape index (κ1) is 16.7. The van der Waals surface area contributed by atoms with E-state index in [1.165, 1.54) is 5.56 Å². The molecular formula is C17H28N2O. The second kappa shape index (κ2) is 7.44. The smallest absolute Gasteiger partial charge is 0.236 e. The van der Waals surface area contributed by atoms with Gasteiger partial charge < -0.3 is 11.1 Å². The zero-order chi connectivity index (χ0) is 15.2. The molecular weight excluding hydrogens is 248 g/mol. The first-order valence-corrected chi connectivity index (χ1v) is 7.40. The van der Waals surface area contributed by atoms with Crippen LogP contribution in [0.5, 0.6) is 0 Å². The molecule has 0 saturated carbocycles. The maximum Gasteiger partial charge on any atom is 0.236 e. The summed E-state index contributed by atoms with van der Waals surface area (Å²) < 4.78 is 0. The second-order valence-corrected chi connectivity index (χ2v) is 6.49. The van der Waals surface area contributed by atoms with Crippen molar-refractivity contribution in [3.05, 3.63) is 35.9 Å². The van der Waals surface area contributed by atoms with Crippen molar-refractivity contribution in [2.75, 3.05) is 6.54 Å². The van der Waals surface area contributed by atoms with Gasteiger partial charge >= 0.3 is 0 Å². The van der Waals surface area contributed by atoms with Crippen LogP contribution in [0.15, 0.2) is 30.3 Å². The summed E-state index contributed by atoms with van der Waals surface area (Å²) in [5.41, 5.74) is 7.27. The first-order chi connectivity index (χ1) is 9.33. The fraction of sp³-hybridized carbons (Fsp3) is 0.588. The Labute approximate surface area is 122 Å². The Morgan fingerprint density at radius 3 is 2.40 bits per heavy atom. The van der Waals surface area contributed by atoms with Crippen molar-refractivity contribution in [3.8, 4) is 0 Å². The second-order valence-electron chi connectivity index (χ2n) is 6.49. The summed E-state index contributed by atoms with van der Waals surface area (Å²) in [4.78, 5) is 12.0. The maximum atomic E-state index is 12.0. The average Bonchev–Trinajstić information content (AvgIpc) is 2.43. The SMILES string of the molecule is CC(C)C(C)(C)CNC(=O)C(N)CCc1ccccc1. The molecule has 0 bridgehead atoms. The summed E-state index contributed by atoms with van der Waals surface area (Å²) >= 11 is 0. The molecule has 1 atom stereocenters. The Bertz CT molecular complexity index is 412. The molecule has 0 saturated heterocycles. The number of nitrogens with two attached hydrogens (primary N) is 1. The van der Waals surface area contributed by atoms with Crippen LogP contribution < -0.4 is 11.1 Å². The summed E-state index contributed by atoms with van der Waals surface area (Å²) in [6.07, 6.45) is 1.51. The van der Waals surface area contributed by atoms with Gasteiger partial charge in [-0.2, -0.15) is 0 Å². The number of rotatable bonds is 7. The molecule has 0 aliphatic rings. The van der Waals surface area contributed by atoms with E-state index in [0.29, 0.717) is 18.9 Å². The van der Waals surface area contributed by atoms with Gasteiger partial charge in [0, 0.05) is 6.54 Å². The van der Waals surface area contributed by atoms with Crippen molar-refractivity contribution < 1.29 is 4.79 Å². The molecule has 0 fully saturated rings. The molecule has 0 spiro atoms. The molecule has 3 nitrogen and oxygen atoms in total. The largest absolute Gasteiger partial charge is 0.354 e. The lowest BCUT2D eigenvalue weighted by Gasteiger charge is -2.29. The van der Waals surface area contributed by atoms with E-state index in [4.69, 9.17) is 5.73 Å². The molecule has 1 aromatic rings. The van der Waals surface area contributed by atoms with Gasteiger partial charge in [0.1, 0.15) is 0 Å². The highest BCUT2D eigenvalue weighted by Gasteiger charge is 2.24. The molecule has 0 aromatic heterocycles. The van der Waals surface area contributed by atoms with E-state index in [0.717, 1.165) is 6.42 Å². The average molecular weight is 276 g/mol. The maximum absolute atomic E-state index is 12.0. The summed E-state index contributed by atoms with van der Waals surface area (Å²) in [5, 5.41) is 2.98. The van der Waals surface area contributed by atoms with Gasteiger partial charge in [-0.15, -0.1) is 0 Å². The van der Waals surface area contributed by atoms with Gasteiger partial charge in [0.15, 0.2) is 0 Å². The predicted molar refractivity (Wildman–Crippen MR) is 84.4 cm³/mol. The first-order valence-electron chi connectivity index (χ1n) is 7.40. The normalized spacial score (nSPS) is 13.3. The van der Waals surface area contributed by atoms with E-state index < -0.39 is 6.04 Å². The van der Waals surface area contributed by atoms with Gasteiger partial charge in [-0.3, -0.25) is 4.79 Å². The van der Waals surface area contributed by atoms with Gasteiger partial charge in [0.2, 0.25) is 5.91 Å². The molecule has 112 valence electrons. The Kier molecular flexibility index (Phi) is 6.21. The number of benzene rings is 1. The zero-order valence-electron chi connectivity index (χ0n) is 13.1. The Balaban J connectivity index is 2.36.